The van der Waals surface area contributed by atoms with Crippen LogP contribution in [0.2, 0.25) is 5.02 Å². The summed E-state index contributed by atoms with van der Waals surface area (Å²) < 4.78 is 43.3. The maximum Gasteiger partial charge on any atom is 0.264 e. The Morgan fingerprint density at radius 1 is 0.969 bits per heavy atom. The molecular weight excluding hydrogens is 455 g/mol. The molecule has 1 amide bonds. The quantitative estimate of drug-likeness (QED) is 0.426. The standard InChI is InChI=1S/C22H16ClFN4O3S/c23-16-8-11-19(27-32(30,31)21-5-2-1-4-18(21)24)20(14-16)26-22(29)15-6-9-17(10-7-15)28-13-3-12-25-28/h1-14,27H,(H,26,29). The van der Waals surface area contributed by atoms with Crippen LogP contribution in [0.4, 0.5) is 15.8 Å². The predicted octanol–water partition coefficient (Wildman–Crippen LogP) is 4.72. The summed E-state index contributed by atoms with van der Waals surface area (Å²) in [6.07, 6.45) is 3.42. The monoisotopic (exact) mass is 470 g/mol. The van der Waals surface area contributed by atoms with Gasteiger partial charge in [0.2, 0.25) is 0 Å². The summed E-state index contributed by atoms with van der Waals surface area (Å²) in [5, 5.41) is 7.05. The number of sulfonamides is 1. The molecule has 7 nitrogen and oxygen atoms in total. The topological polar surface area (TPSA) is 93.1 Å². The van der Waals surface area contributed by atoms with E-state index in [4.69, 9.17) is 11.6 Å². The molecule has 162 valence electrons. The number of nitrogens with one attached hydrogen (secondary N) is 2. The number of benzene rings is 3. The third kappa shape index (κ3) is 4.63. The van der Waals surface area contributed by atoms with Crippen molar-refractivity contribution in [1.82, 2.24) is 9.78 Å². The van der Waals surface area contributed by atoms with E-state index < -0.39 is 26.6 Å². The Morgan fingerprint density at radius 3 is 2.41 bits per heavy atom. The number of halogens is 2. The van der Waals surface area contributed by atoms with Crippen LogP contribution in [0.3, 0.4) is 0 Å². The van der Waals surface area contributed by atoms with Gasteiger partial charge in [0, 0.05) is 23.0 Å². The first-order valence-electron chi connectivity index (χ1n) is 9.32. The Kier molecular flexibility index (Phi) is 5.93. The molecule has 32 heavy (non-hydrogen) atoms. The van der Waals surface area contributed by atoms with Gasteiger partial charge in [-0.2, -0.15) is 5.10 Å². The van der Waals surface area contributed by atoms with E-state index in [0.717, 1.165) is 17.8 Å². The number of carbonyl (C=O) groups excluding carboxylic acids is 1. The molecule has 0 aliphatic heterocycles. The van der Waals surface area contributed by atoms with E-state index in [1.54, 1.807) is 47.4 Å². The molecule has 4 rings (SSSR count). The fourth-order valence-electron chi connectivity index (χ4n) is 2.95. The second-order valence-corrected chi connectivity index (χ2v) is 8.76. The number of nitrogens with zero attached hydrogens (tertiary/aromatic N) is 2. The second kappa shape index (κ2) is 8.81. The number of carbonyl (C=O) groups is 1. The van der Waals surface area contributed by atoms with Gasteiger partial charge in [0.1, 0.15) is 10.7 Å². The molecule has 0 saturated heterocycles. The van der Waals surface area contributed by atoms with E-state index in [1.807, 2.05) is 0 Å². The van der Waals surface area contributed by atoms with Gasteiger partial charge in [-0.15, -0.1) is 0 Å². The molecule has 0 spiro atoms. The molecular formula is C22H16ClFN4O3S. The number of anilines is 2. The van der Waals surface area contributed by atoms with Crippen LogP contribution in [0.5, 0.6) is 0 Å². The Bertz CT molecular complexity index is 1370. The maximum absolute atomic E-state index is 14.0. The van der Waals surface area contributed by atoms with Gasteiger partial charge in [-0.1, -0.05) is 23.7 Å². The average molecular weight is 471 g/mol. The molecule has 1 aromatic heterocycles. The molecule has 0 atom stereocenters. The summed E-state index contributed by atoms with van der Waals surface area (Å²) in [7, 11) is -4.24. The number of aromatic nitrogens is 2. The number of hydrogen-bond donors (Lipinski definition) is 2. The predicted molar refractivity (Wildman–Crippen MR) is 120 cm³/mol. The molecule has 0 saturated carbocycles. The van der Waals surface area contributed by atoms with Gasteiger partial charge in [0.25, 0.3) is 15.9 Å². The Hall–Kier alpha value is -3.69. The SMILES string of the molecule is O=C(Nc1cc(Cl)ccc1NS(=O)(=O)c1ccccc1F)c1ccc(-n2cccn2)cc1. The van der Waals surface area contributed by atoms with Gasteiger partial charge >= 0.3 is 0 Å². The molecule has 0 bridgehead atoms. The van der Waals surface area contributed by atoms with Crippen molar-refractivity contribution >= 4 is 38.9 Å². The second-order valence-electron chi connectivity index (χ2n) is 6.68. The van der Waals surface area contributed by atoms with Crippen LogP contribution in [0.25, 0.3) is 5.69 Å². The Balaban J connectivity index is 1.58. The highest BCUT2D eigenvalue weighted by Crippen LogP contribution is 2.29. The van der Waals surface area contributed by atoms with E-state index in [-0.39, 0.29) is 16.4 Å². The zero-order chi connectivity index (χ0) is 22.7. The molecule has 0 aliphatic rings. The minimum Gasteiger partial charge on any atom is -0.320 e. The van der Waals surface area contributed by atoms with Crippen LogP contribution in [0.15, 0.2) is 90.1 Å². The lowest BCUT2D eigenvalue weighted by Gasteiger charge is -2.14. The minimum absolute atomic E-state index is 0.0409. The highest BCUT2D eigenvalue weighted by atomic mass is 35.5. The summed E-state index contributed by atoms with van der Waals surface area (Å²) >= 11 is 6.04. The fourth-order valence-corrected chi connectivity index (χ4v) is 4.28. The highest BCUT2D eigenvalue weighted by molar-refractivity contribution is 7.92. The molecule has 3 aromatic carbocycles. The maximum atomic E-state index is 14.0. The Morgan fingerprint density at radius 2 is 1.72 bits per heavy atom. The van der Waals surface area contributed by atoms with Crippen molar-refractivity contribution in [2.45, 2.75) is 4.90 Å². The molecule has 4 aromatic rings. The van der Waals surface area contributed by atoms with Crippen LogP contribution >= 0.6 is 11.6 Å². The van der Waals surface area contributed by atoms with Crippen LogP contribution in [0, 0.1) is 5.82 Å². The molecule has 10 heteroatoms. The van der Waals surface area contributed by atoms with E-state index in [0.29, 0.717) is 5.56 Å². The number of amides is 1. The summed E-state index contributed by atoms with van der Waals surface area (Å²) in [6, 6.07) is 17.7. The van der Waals surface area contributed by atoms with Gasteiger partial charge in [-0.25, -0.2) is 17.5 Å². The van der Waals surface area contributed by atoms with Gasteiger partial charge in [-0.3, -0.25) is 9.52 Å². The number of rotatable bonds is 6. The molecule has 0 radical (unpaired) electrons. The van der Waals surface area contributed by atoms with Crippen LogP contribution < -0.4 is 10.0 Å². The first-order chi connectivity index (χ1) is 15.3. The summed E-state index contributed by atoms with van der Waals surface area (Å²) in [6.45, 7) is 0. The van der Waals surface area contributed by atoms with Gasteiger partial charge < -0.3 is 5.32 Å². The van der Waals surface area contributed by atoms with E-state index in [1.165, 1.54) is 30.3 Å². The summed E-state index contributed by atoms with van der Waals surface area (Å²) in [5.74, 6) is -1.37. The van der Waals surface area contributed by atoms with Crippen molar-refractivity contribution in [2.75, 3.05) is 10.0 Å². The van der Waals surface area contributed by atoms with Crippen LogP contribution in [0.1, 0.15) is 10.4 Å². The van der Waals surface area contributed by atoms with E-state index in [9.17, 15) is 17.6 Å². The lowest BCUT2D eigenvalue weighted by Crippen LogP contribution is -2.18. The van der Waals surface area contributed by atoms with Crippen molar-refractivity contribution in [3.05, 3.63) is 102 Å². The van der Waals surface area contributed by atoms with Crippen LogP contribution in [-0.4, -0.2) is 24.1 Å². The Labute approximate surface area is 188 Å². The van der Waals surface area contributed by atoms with E-state index in [2.05, 4.69) is 15.1 Å². The summed E-state index contributed by atoms with van der Waals surface area (Å²) in [5.41, 5.74) is 1.27. The van der Waals surface area contributed by atoms with Gasteiger partial charge in [-0.05, 0) is 60.7 Å². The van der Waals surface area contributed by atoms with Crippen molar-refractivity contribution in [3.63, 3.8) is 0 Å². The average Bonchev–Trinajstić information content (AvgIpc) is 3.31. The fraction of sp³-hybridized carbons (Fsp3) is 0. The molecule has 0 unspecified atom stereocenters. The zero-order valence-corrected chi connectivity index (χ0v) is 17.9. The highest BCUT2D eigenvalue weighted by Gasteiger charge is 2.21. The first kappa shape index (κ1) is 21.5. The number of hydrogen-bond acceptors (Lipinski definition) is 4. The third-order valence-corrected chi connectivity index (χ3v) is 6.13. The normalized spacial score (nSPS) is 11.2. The van der Waals surface area contributed by atoms with Crippen molar-refractivity contribution in [2.24, 2.45) is 0 Å². The zero-order valence-electron chi connectivity index (χ0n) is 16.4. The van der Waals surface area contributed by atoms with Crippen molar-refractivity contribution in [3.8, 4) is 5.69 Å². The minimum atomic E-state index is -4.24. The molecule has 2 N–H and O–H groups in total. The van der Waals surface area contributed by atoms with Gasteiger partial charge in [0.15, 0.2) is 0 Å². The van der Waals surface area contributed by atoms with E-state index >= 15 is 0 Å². The third-order valence-electron chi connectivity index (χ3n) is 4.50. The van der Waals surface area contributed by atoms with Crippen molar-refractivity contribution < 1.29 is 17.6 Å². The van der Waals surface area contributed by atoms with Crippen LogP contribution in [-0.2, 0) is 10.0 Å². The first-order valence-corrected chi connectivity index (χ1v) is 11.2. The molecule has 0 fully saturated rings. The molecule has 1 heterocycles. The molecule has 0 aliphatic carbocycles. The van der Waals surface area contributed by atoms with Crippen molar-refractivity contribution in [1.29, 1.82) is 0 Å². The largest absolute Gasteiger partial charge is 0.320 e. The lowest BCUT2D eigenvalue weighted by molar-refractivity contribution is 0.102. The lowest BCUT2D eigenvalue weighted by atomic mass is 10.2. The van der Waals surface area contributed by atoms with Gasteiger partial charge in [0.05, 0.1) is 17.1 Å². The smallest absolute Gasteiger partial charge is 0.264 e. The summed E-state index contributed by atoms with van der Waals surface area (Å²) in [4.78, 5) is 12.2.